The zero-order chi connectivity index (χ0) is 19.3. The van der Waals surface area contributed by atoms with Gasteiger partial charge in [0, 0.05) is 35.7 Å². The van der Waals surface area contributed by atoms with Crippen molar-refractivity contribution in [2.75, 3.05) is 25.5 Å². The second kappa shape index (κ2) is 6.12. The van der Waals surface area contributed by atoms with Gasteiger partial charge in [-0.15, -0.1) is 0 Å². The maximum atomic E-state index is 13.0. The molecule has 3 heterocycles. The van der Waals surface area contributed by atoms with Crippen molar-refractivity contribution in [3.05, 3.63) is 59.8 Å². The largest absolute Gasteiger partial charge is 0.497 e. The van der Waals surface area contributed by atoms with Gasteiger partial charge in [-0.25, -0.2) is 0 Å². The highest BCUT2D eigenvalue weighted by Gasteiger charge is 2.48. The number of methoxy groups -OCH3 is 1. The molecule has 2 aliphatic heterocycles. The summed E-state index contributed by atoms with van der Waals surface area (Å²) in [6, 6.07) is 15.4. The molecule has 1 aromatic heterocycles. The summed E-state index contributed by atoms with van der Waals surface area (Å²) in [6.07, 6.45) is 1.27. The van der Waals surface area contributed by atoms with Crippen LogP contribution in [-0.2, 0) is 10.2 Å². The van der Waals surface area contributed by atoms with Crippen LogP contribution in [0.4, 0.5) is 5.69 Å². The Labute approximate surface area is 162 Å². The lowest BCUT2D eigenvalue weighted by molar-refractivity contribution is -0.122. The van der Waals surface area contributed by atoms with Gasteiger partial charge in [-0.3, -0.25) is 9.59 Å². The third-order valence-corrected chi connectivity index (χ3v) is 6.09. The van der Waals surface area contributed by atoms with Crippen molar-refractivity contribution in [2.45, 2.75) is 18.3 Å². The lowest BCUT2D eigenvalue weighted by Crippen LogP contribution is -2.48. The highest BCUT2D eigenvalue weighted by Crippen LogP contribution is 2.44. The standard InChI is InChI=1S/C22H21N3O3/c1-28-15-7-6-14-12-19(23-18(14)13-15)20(26)25-10-8-22(9-11-25)16-4-2-3-5-17(16)24-21(22)27/h2-7,12-13,23H,8-11H2,1H3,(H,24,27). The number of aromatic nitrogens is 1. The average molecular weight is 375 g/mol. The summed E-state index contributed by atoms with van der Waals surface area (Å²) in [4.78, 5) is 30.8. The molecule has 0 bridgehead atoms. The molecule has 2 amide bonds. The Kier molecular flexibility index (Phi) is 3.69. The first kappa shape index (κ1) is 16.9. The number of para-hydroxylation sites is 1. The number of rotatable bonds is 2. The molecule has 6 nitrogen and oxygen atoms in total. The molecule has 0 atom stereocenters. The van der Waals surface area contributed by atoms with Crippen molar-refractivity contribution in [1.29, 1.82) is 0 Å². The molecular formula is C22H21N3O3. The Balaban J connectivity index is 1.37. The highest BCUT2D eigenvalue weighted by molar-refractivity contribution is 6.06. The van der Waals surface area contributed by atoms with E-state index in [9.17, 15) is 9.59 Å². The second-order valence-electron chi connectivity index (χ2n) is 7.51. The van der Waals surface area contributed by atoms with E-state index in [1.807, 2.05) is 53.4 Å². The van der Waals surface area contributed by atoms with Gasteiger partial charge < -0.3 is 19.9 Å². The van der Waals surface area contributed by atoms with E-state index in [1.54, 1.807) is 7.11 Å². The first-order chi connectivity index (χ1) is 13.6. The molecule has 5 rings (SSSR count). The fourth-order valence-corrected chi connectivity index (χ4v) is 4.48. The van der Waals surface area contributed by atoms with Gasteiger partial charge in [0.05, 0.1) is 12.5 Å². The summed E-state index contributed by atoms with van der Waals surface area (Å²) >= 11 is 0. The number of ether oxygens (including phenoxy) is 1. The number of anilines is 1. The third-order valence-electron chi connectivity index (χ3n) is 6.09. The monoisotopic (exact) mass is 375 g/mol. The van der Waals surface area contributed by atoms with Crippen LogP contribution in [0.2, 0.25) is 0 Å². The predicted octanol–water partition coefficient (Wildman–Crippen LogP) is 3.30. The summed E-state index contributed by atoms with van der Waals surface area (Å²) in [7, 11) is 1.62. The Morgan fingerprint density at radius 2 is 1.89 bits per heavy atom. The molecule has 142 valence electrons. The number of carbonyl (C=O) groups is 2. The number of hydrogen-bond donors (Lipinski definition) is 2. The minimum absolute atomic E-state index is 0.0308. The normalized spacial score (nSPS) is 17.6. The predicted molar refractivity (Wildman–Crippen MR) is 107 cm³/mol. The SMILES string of the molecule is COc1ccc2cc(C(=O)N3CCC4(CC3)C(=O)Nc3ccccc34)[nH]c2c1. The van der Waals surface area contributed by atoms with Gasteiger partial charge in [-0.1, -0.05) is 18.2 Å². The van der Waals surface area contributed by atoms with Crippen molar-refractivity contribution >= 4 is 28.4 Å². The fourth-order valence-electron chi connectivity index (χ4n) is 4.48. The first-order valence-electron chi connectivity index (χ1n) is 9.48. The van der Waals surface area contributed by atoms with Crippen molar-refractivity contribution in [3.8, 4) is 5.75 Å². The molecule has 6 heteroatoms. The summed E-state index contributed by atoms with van der Waals surface area (Å²) in [5.74, 6) is 0.773. The molecule has 0 unspecified atom stereocenters. The summed E-state index contributed by atoms with van der Waals surface area (Å²) in [5, 5.41) is 3.98. The van der Waals surface area contributed by atoms with E-state index in [2.05, 4.69) is 10.3 Å². The zero-order valence-electron chi connectivity index (χ0n) is 15.6. The van der Waals surface area contributed by atoms with E-state index < -0.39 is 5.41 Å². The van der Waals surface area contributed by atoms with E-state index in [0.717, 1.165) is 27.9 Å². The number of fused-ring (bicyclic) bond motifs is 3. The van der Waals surface area contributed by atoms with Gasteiger partial charge in [0.25, 0.3) is 5.91 Å². The molecule has 3 aromatic rings. The number of likely N-dealkylation sites (tertiary alicyclic amines) is 1. The van der Waals surface area contributed by atoms with E-state index in [-0.39, 0.29) is 11.8 Å². The molecule has 0 saturated carbocycles. The summed E-state index contributed by atoms with van der Waals surface area (Å²) in [5.41, 5.74) is 2.89. The maximum absolute atomic E-state index is 13.0. The van der Waals surface area contributed by atoms with Crippen molar-refractivity contribution < 1.29 is 14.3 Å². The Bertz CT molecular complexity index is 1090. The number of carbonyl (C=O) groups excluding carboxylic acids is 2. The Morgan fingerprint density at radius 3 is 2.68 bits per heavy atom. The quantitative estimate of drug-likeness (QED) is 0.722. The number of nitrogens with zero attached hydrogens (tertiary/aromatic N) is 1. The van der Waals surface area contributed by atoms with Gasteiger partial charge in [0.15, 0.2) is 0 Å². The van der Waals surface area contributed by atoms with Crippen LogP contribution in [0.5, 0.6) is 5.75 Å². The van der Waals surface area contributed by atoms with Crippen LogP contribution in [0.15, 0.2) is 48.5 Å². The molecule has 1 fully saturated rings. The minimum Gasteiger partial charge on any atom is -0.497 e. The molecule has 28 heavy (non-hydrogen) atoms. The molecule has 0 aliphatic carbocycles. The number of H-pyrrole nitrogens is 1. The number of benzene rings is 2. The van der Waals surface area contributed by atoms with Crippen LogP contribution in [0.3, 0.4) is 0 Å². The van der Waals surface area contributed by atoms with Gasteiger partial charge >= 0.3 is 0 Å². The smallest absolute Gasteiger partial charge is 0.270 e. The molecule has 0 radical (unpaired) electrons. The third kappa shape index (κ3) is 2.41. The van der Waals surface area contributed by atoms with Crippen molar-refractivity contribution in [2.24, 2.45) is 0 Å². The lowest BCUT2D eigenvalue weighted by Gasteiger charge is -2.37. The molecule has 1 saturated heterocycles. The van der Waals surface area contributed by atoms with Crippen LogP contribution in [-0.4, -0.2) is 41.9 Å². The van der Waals surface area contributed by atoms with Gasteiger partial charge in [-0.2, -0.15) is 0 Å². The van der Waals surface area contributed by atoms with Gasteiger partial charge in [-0.05, 0) is 42.7 Å². The maximum Gasteiger partial charge on any atom is 0.270 e. The summed E-state index contributed by atoms with van der Waals surface area (Å²) in [6.45, 7) is 1.11. The van der Waals surface area contributed by atoms with Crippen LogP contribution in [0.25, 0.3) is 10.9 Å². The van der Waals surface area contributed by atoms with Gasteiger partial charge in [0.1, 0.15) is 11.4 Å². The molecule has 2 aromatic carbocycles. The van der Waals surface area contributed by atoms with E-state index in [0.29, 0.717) is 31.6 Å². The first-order valence-corrected chi connectivity index (χ1v) is 9.48. The van der Waals surface area contributed by atoms with E-state index >= 15 is 0 Å². The fraction of sp³-hybridized carbons (Fsp3) is 0.273. The molecule has 2 N–H and O–H groups in total. The number of piperidine rings is 1. The molecule has 2 aliphatic rings. The molecular weight excluding hydrogens is 354 g/mol. The van der Waals surface area contributed by atoms with Crippen LogP contribution < -0.4 is 10.1 Å². The lowest BCUT2D eigenvalue weighted by atomic mass is 9.73. The number of hydrogen-bond acceptors (Lipinski definition) is 3. The topological polar surface area (TPSA) is 74.4 Å². The van der Waals surface area contributed by atoms with Gasteiger partial charge in [0.2, 0.25) is 5.91 Å². The minimum atomic E-state index is -0.513. The van der Waals surface area contributed by atoms with Crippen molar-refractivity contribution in [1.82, 2.24) is 9.88 Å². The average Bonchev–Trinajstić information content (AvgIpc) is 3.27. The Morgan fingerprint density at radius 1 is 1.11 bits per heavy atom. The van der Waals surface area contributed by atoms with E-state index in [1.165, 1.54) is 0 Å². The molecule has 1 spiro atoms. The highest BCUT2D eigenvalue weighted by atomic mass is 16.5. The summed E-state index contributed by atoms with van der Waals surface area (Å²) < 4.78 is 5.25. The zero-order valence-corrected chi connectivity index (χ0v) is 15.6. The Hall–Kier alpha value is -3.28. The van der Waals surface area contributed by atoms with Crippen LogP contribution in [0, 0.1) is 0 Å². The van der Waals surface area contributed by atoms with E-state index in [4.69, 9.17) is 4.74 Å². The van der Waals surface area contributed by atoms with Crippen LogP contribution in [0.1, 0.15) is 28.9 Å². The number of aromatic amines is 1. The second-order valence-corrected chi connectivity index (χ2v) is 7.51. The number of nitrogens with one attached hydrogen (secondary N) is 2. The van der Waals surface area contributed by atoms with Crippen molar-refractivity contribution in [3.63, 3.8) is 0 Å². The number of amides is 2. The van der Waals surface area contributed by atoms with Crippen LogP contribution >= 0.6 is 0 Å².